The molecule has 0 amide bonds. The van der Waals surface area contributed by atoms with Gasteiger partial charge in [0.15, 0.2) is 0 Å². The van der Waals surface area contributed by atoms with E-state index in [2.05, 4.69) is 6.92 Å². The highest BCUT2D eigenvalue weighted by atomic mass is 16.5. The summed E-state index contributed by atoms with van der Waals surface area (Å²) < 4.78 is 5.33. The summed E-state index contributed by atoms with van der Waals surface area (Å²) in [5.41, 5.74) is 0. The average Bonchev–Trinajstić information content (AvgIpc) is 3.26. The summed E-state index contributed by atoms with van der Waals surface area (Å²) in [6.45, 7) is 6.00. The Morgan fingerprint density at radius 2 is 1.73 bits per heavy atom. The summed E-state index contributed by atoms with van der Waals surface area (Å²) in [5, 5.41) is 0. The minimum absolute atomic E-state index is 0.0654. The summed E-state index contributed by atoms with van der Waals surface area (Å²) in [6, 6.07) is 0. The fourth-order valence-electron chi connectivity index (χ4n) is 3.10. The zero-order chi connectivity index (χ0) is 16.4. The third-order valence-electron chi connectivity index (χ3n) is 4.77. The highest BCUT2D eigenvalue weighted by Gasteiger charge is 2.39. The lowest BCUT2D eigenvalue weighted by Crippen LogP contribution is -2.13. The third-order valence-corrected chi connectivity index (χ3v) is 4.77. The number of hydrogen-bond acceptors (Lipinski definition) is 3. The molecule has 1 saturated carbocycles. The molecule has 0 spiro atoms. The van der Waals surface area contributed by atoms with Gasteiger partial charge in [-0.05, 0) is 31.6 Å². The minimum atomic E-state index is -0.0654. The number of Topliss-reactive ketones (excluding diaryl/α,β-unsaturated/α-hetero) is 1. The van der Waals surface area contributed by atoms with E-state index in [4.69, 9.17) is 4.74 Å². The van der Waals surface area contributed by atoms with Gasteiger partial charge in [-0.25, -0.2) is 0 Å². The van der Waals surface area contributed by atoms with Gasteiger partial charge in [0.25, 0.3) is 0 Å². The van der Waals surface area contributed by atoms with Crippen molar-refractivity contribution < 1.29 is 14.3 Å². The maximum absolute atomic E-state index is 11.9. The molecular weight excluding hydrogens is 276 g/mol. The lowest BCUT2D eigenvalue weighted by molar-refractivity contribution is -0.145. The molecule has 22 heavy (non-hydrogen) atoms. The second-order valence-electron chi connectivity index (χ2n) is 6.67. The third kappa shape index (κ3) is 7.42. The predicted octanol–water partition coefficient (Wildman–Crippen LogP) is 5.06. The van der Waals surface area contributed by atoms with E-state index >= 15 is 0 Å². The Morgan fingerprint density at radius 3 is 2.36 bits per heavy atom. The largest absolute Gasteiger partial charge is 0.462 e. The van der Waals surface area contributed by atoms with Crippen molar-refractivity contribution in [2.75, 3.05) is 0 Å². The Bertz CT molecular complexity index is 338. The van der Waals surface area contributed by atoms with Gasteiger partial charge in [-0.1, -0.05) is 52.9 Å². The standard InChI is InChI=1S/C19H34O3/c1-4-7-11-15(17(20)5-2)12-9-8-10-13-16-14-18(16)22-19(21)6-3/h15-16,18H,4-14H2,1-3H3. The van der Waals surface area contributed by atoms with Crippen molar-refractivity contribution in [3.8, 4) is 0 Å². The molecule has 0 bridgehead atoms. The van der Waals surface area contributed by atoms with Gasteiger partial charge >= 0.3 is 5.97 Å². The second-order valence-corrected chi connectivity index (χ2v) is 6.67. The summed E-state index contributed by atoms with van der Waals surface area (Å²) in [4.78, 5) is 23.1. The molecule has 0 saturated heterocycles. The molecule has 0 aromatic rings. The average molecular weight is 310 g/mol. The zero-order valence-electron chi connectivity index (χ0n) is 14.7. The molecule has 3 unspecified atom stereocenters. The number of carbonyl (C=O) groups is 2. The van der Waals surface area contributed by atoms with E-state index in [-0.39, 0.29) is 12.1 Å². The van der Waals surface area contributed by atoms with Crippen LogP contribution in [0.25, 0.3) is 0 Å². The number of ketones is 1. The molecule has 128 valence electrons. The summed E-state index contributed by atoms with van der Waals surface area (Å²) in [7, 11) is 0. The lowest BCUT2D eigenvalue weighted by Gasteiger charge is -2.14. The van der Waals surface area contributed by atoms with Crippen molar-refractivity contribution in [1.82, 2.24) is 0 Å². The SMILES string of the molecule is CCCCC(CCCCCC1CC1OC(=O)CC)C(=O)CC. The fourth-order valence-corrected chi connectivity index (χ4v) is 3.10. The van der Waals surface area contributed by atoms with Crippen LogP contribution < -0.4 is 0 Å². The Labute approximate surface area is 136 Å². The van der Waals surface area contributed by atoms with Gasteiger partial charge in [-0.15, -0.1) is 0 Å². The Hall–Kier alpha value is -0.860. The van der Waals surface area contributed by atoms with Crippen LogP contribution >= 0.6 is 0 Å². The van der Waals surface area contributed by atoms with E-state index in [0.29, 0.717) is 30.5 Å². The molecule has 1 fully saturated rings. The van der Waals surface area contributed by atoms with Crippen molar-refractivity contribution >= 4 is 11.8 Å². The van der Waals surface area contributed by atoms with E-state index in [9.17, 15) is 9.59 Å². The Morgan fingerprint density at radius 1 is 1.00 bits per heavy atom. The van der Waals surface area contributed by atoms with E-state index in [1.807, 2.05) is 13.8 Å². The summed E-state index contributed by atoms with van der Waals surface area (Å²) in [6.07, 6.45) is 11.6. The van der Waals surface area contributed by atoms with Crippen LogP contribution in [0.15, 0.2) is 0 Å². The van der Waals surface area contributed by atoms with Crippen molar-refractivity contribution in [3.63, 3.8) is 0 Å². The number of hydrogen-bond donors (Lipinski definition) is 0. The number of esters is 1. The van der Waals surface area contributed by atoms with Gasteiger partial charge < -0.3 is 4.74 Å². The van der Waals surface area contributed by atoms with Crippen molar-refractivity contribution in [2.45, 2.75) is 97.5 Å². The maximum atomic E-state index is 11.9. The monoisotopic (exact) mass is 310 g/mol. The molecule has 0 radical (unpaired) electrons. The number of rotatable bonds is 13. The van der Waals surface area contributed by atoms with Gasteiger partial charge in [0.05, 0.1) is 0 Å². The highest BCUT2D eigenvalue weighted by molar-refractivity contribution is 5.80. The first kappa shape index (κ1) is 19.2. The van der Waals surface area contributed by atoms with Crippen molar-refractivity contribution in [2.24, 2.45) is 11.8 Å². The van der Waals surface area contributed by atoms with Crippen LogP contribution in [-0.4, -0.2) is 17.9 Å². The van der Waals surface area contributed by atoms with E-state index < -0.39 is 0 Å². The normalized spacial score (nSPS) is 21.4. The van der Waals surface area contributed by atoms with Crippen LogP contribution in [0.5, 0.6) is 0 Å². The summed E-state index contributed by atoms with van der Waals surface area (Å²) >= 11 is 0. The molecule has 3 atom stereocenters. The topological polar surface area (TPSA) is 43.4 Å². The predicted molar refractivity (Wildman–Crippen MR) is 89.7 cm³/mol. The van der Waals surface area contributed by atoms with E-state index in [1.165, 1.54) is 32.1 Å². The van der Waals surface area contributed by atoms with Gasteiger partial charge in [0.1, 0.15) is 11.9 Å². The first-order valence-electron chi connectivity index (χ1n) is 9.34. The molecule has 0 aromatic carbocycles. The van der Waals surface area contributed by atoms with Crippen LogP contribution in [0.3, 0.4) is 0 Å². The molecule has 3 nitrogen and oxygen atoms in total. The highest BCUT2D eigenvalue weighted by Crippen LogP contribution is 2.38. The second kappa shape index (κ2) is 10.8. The van der Waals surface area contributed by atoms with Crippen LogP contribution in [0, 0.1) is 11.8 Å². The van der Waals surface area contributed by atoms with Gasteiger partial charge in [0.2, 0.25) is 0 Å². The molecule has 1 rings (SSSR count). The van der Waals surface area contributed by atoms with E-state index in [0.717, 1.165) is 25.7 Å². The fraction of sp³-hybridized carbons (Fsp3) is 0.895. The first-order valence-corrected chi connectivity index (χ1v) is 9.34. The quantitative estimate of drug-likeness (QED) is 0.352. The Kier molecular flexibility index (Phi) is 9.42. The number of unbranched alkanes of at least 4 members (excludes halogenated alkanes) is 3. The molecule has 3 heteroatoms. The molecule has 0 aliphatic heterocycles. The van der Waals surface area contributed by atoms with E-state index in [1.54, 1.807) is 0 Å². The first-order chi connectivity index (χ1) is 10.6. The molecule has 0 aromatic heterocycles. The lowest BCUT2D eigenvalue weighted by atomic mass is 9.90. The maximum Gasteiger partial charge on any atom is 0.305 e. The number of carbonyl (C=O) groups excluding carboxylic acids is 2. The number of ether oxygens (including phenoxy) is 1. The van der Waals surface area contributed by atoms with Crippen LogP contribution in [0.2, 0.25) is 0 Å². The van der Waals surface area contributed by atoms with Gasteiger partial charge in [-0.3, -0.25) is 9.59 Å². The summed E-state index contributed by atoms with van der Waals surface area (Å²) in [5.74, 6) is 1.28. The molecule has 0 N–H and O–H groups in total. The van der Waals surface area contributed by atoms with Crippen LogP contribution in [-0.2, 0) is 14.3 Å². The smallest absolute Gasteiger partial charge is 0.305 e. The van der Waals surface area contributed by atoms with Gasteiger partial charge in [-0.2, -0.15) is 0 Å². The van der Waals surface area contributed by atoms with Gasteiger partial charge in [0, 0.05) is 18.8 Å². The Balaban J connectivity index is 2.06. The molecule has 1 aliphatic carbocycles. The molecular formula is C19H34O3. The van der Waals surface area contributed by atoms with Crippen LogP contribution in [0.4, 0.5) is 0 Å². The minimum Gasteiger partial charge on any atom is -0.462 e. The van der Waals surface area contributed by atoms with Crippen molar-refractivity contribution in [3.05, 3.63) is 0 Å². The molecule has 0 heterocycles. The van der Waals surface area contributed by atoms with Crippen molar-refractivity contribution in [1.29, 1.82) is 0 Å². The molecule has 1 aliphatic rings. The zero-order valence-corrected chi connectivity index (χ0v) is 14.7. The van der Waals surface area contributed by atoms with Crippen LogP contribution in [0.1, 0.15) is 91.4 Å².